The summed E-state index contributed by atoms with van der Waals surface area (Å²) in [5, 5.41) is 0. The van der Waals surface area contributed by atoms with Crippen molar-refractivity contribution in [2.45, 2.75) is 33.2 Å². The fourth-order valence-corrected chi connectivity index (χ4v) is 1.79. The van der Waals surface area contributed by atoms with Crippen molar-refractivity contribution >= 4 is 11.8 Å². The Bertz CT molecular complexity index is 229. The molecule has 2 N–H and O–H groups in total. The standard InChI is InChI=1S/C10H18N2O2/c1-4-8(5-11)12-9(13)6(2)7(3)10(12)14/h6-8H,4-5,11H2,1-3H3. The zero-order chi connectivity index (χ0) is 10.9. The second-order valence-electron chi connectivity index (χ2n) is 3.92. The molecule has 0 aliphatic carbocycles. The minimum Gasteiger partial charge on any atom is -0.328 e. The van der Waals surface area contributed by atoms with Gasteiger partial charge < -0.3 is 5.73 Å². The van der Waals surface area contributed by atoms with Gasteiger partial charge in [0.05, 0.1) is 6.04 Å². The summed E-state index contributed by atoms with van der Waals surface area (Å²) >= 11 is 0. The third kappa shape index (κ3) is 1.54. The van der Waals surface area contributed by atoms with Gasteiger partial charge in [0.15, 0.2) is 0 Å². The van der Waals surface area contributed by atoms with Crippen LogP contribution < -0.4 is 5.73 Å². The third-order valence-corrected chi connectivity index (χ3v) is 3.11. The maximum absolute atomic E-state index is 11.7. The number of nitrogens with two attached hydrogens (primary N) is 1. The van der Waals surface area contributed by atoms with E-state index in [0.717, 1.165) is 6.42 Å². The summed E-state index contributed by atoms with van der Waals surface area (Å²) in [6, 6.07) is -0.123. The van der Waals surface area contributed by atoms with Crippen LogP contribution in [0.3, 0.4) is 0 Å². The fourth-order valence-electron chi connectivity index (χ4n) is 1.79. The highest BCUT2D eigenvalue weighted by atomic mass is 16.2. The monoisotopic (exact) mass is 198 g/mol. The van der Waals surface area contributed by atoms with Crippen molar-refractivity contribution in [3.63, 3.8) is 0 Å². The number of hydrogen-bond donors (Lipinski definition) is 1. The maximum Gasteiger partial charge on any atom is 0.233 e. The normalized spacial score (nSPS) is 29.9. The molecule has 0 radical (unpaired) electrons. The smallest absolute Gasteiger partial charge is 0.233 e. The molecular weight excluding hydrogens is 180 g/mol. The van der Waals surface area contributed by atoms with Gasteiger partial charge >= 0.3 is 0 Å². The molecule has 80 valence electrons. The lowest BCUT2D eigenvalue weighted by Gasteiger charge is -2.23. The van der Waals surface area contributed by atoms with Gasteiger partial charge in [-0.3, -0.25) is 14.5 Å². The molecule has 1 heterocycles. The van der Waals surface area contributed by atoms with Crippen LogP contribution >= 0.6 is 0 Å². The van der Waals surface area contributed by atoms with E-state index in [1.807, 2.05) is 6.92 Å². The highest BCUT2D eigenvalue weighted by molar-refractivity contribution is 6.05. The van der Waals surface area contributed by atoms with E-state index in [2.05, 4.69) is 0 Å². The molecule has 0 spiro atoms. The van der Waals surface area contributed by atoms with E-state index in [1.54, 1.807) is 13.8 Å². The minimum atomic E-state index is -0.192. The zero-order valence-electron chi connectivity index (χ0n) is 8.99. The van der Waals surface area contributed by atoms with Crippen LogP contribution in [0.4, 0.5) is 0 Å². The van der Waals surface area contributed by atoms with E-state index in [9.17, 15) is 9.59 Å². The van der Waals surface area contributed by atoms with Gasteiger partial charge in [0, 0.05) is 18.4 Å². The quantitative estimate of drug-likeness (QED) is 0.666. The van der Waals surface area contributed by atoms with Crippen molar-refractivity contribution in [3.05, 3.63) is 0 Å². The van der Waals surface area contributed by atoms with Gasteiger partial charge in [-0.15, -0.1) is 0 Å². The number of nitrogens with zero attached hydrogens (tertiary/aromatic N) is 1. The first kappa shape index (κ1) is 11.2. The Morgan fingerprint density at radius 3 is 2.00 bits per heavy atom. The summed E-state index contributed by atoms with van der Waals surface area (Å²) < 4.78 is 0. The molecule has 3 unspecified atom stereocenters. The highest BCUT2D eigenvalue weighted by Gasteiger charge is 2.44. The van der Waals surface area contributed by atoms with Crippen LogP contribution in [0.15, 0.2) is 0 Å². The Hall–Kier alpha value is -0.900. The summed E-state index contributed by atoms with van der Waals surface area (Å²) in [6.45, 7) is 5.89. The first-order valence-corrected chi connectivity index (χ1v) is 5.11. The van der Waals surface area contributed by atoms with Gasteiger partial charge in [-0.05, 0) is 6.42 Å². The van der Waals surface area contributed by atoms with E-state index >= 15 is 0 Å². The lowest BCUT2D eigenvalue weighted by atomic mass is 10.00. The molecule has 1 fully saturated rings. The fraction of sp³-hybridized carbons (Fsp3) is 0.800. The van der Waals surface area contributed by atoms with Crippen molar-refractivity contribution in [2.24, 2.45) is 17.6 Å². The molecular formula is C10H18N2O2. The molecule has 3 atom stereocenters. The van der Waals surface area contributed by atoms with Gasteiger partial charge in [0.25, 0.3) is 0 Å². The molecule has 4 nitrogen and oxygen atoms in total. The molecule has 4 heteroatoms. The molecule has 14 heavy (non-hydrogen) atoms. The molecule has 0 aromatic carbocycles. The Balaban J connectivity index is 2.89. The maximum atomic E-state index is 11.7. The SMILES string of the molecule is CCC(CN)N1C(=O)C(C)C(C)C1=O. The zero-order valence-corrected chi connectivity index (χ0v) is 8.99. The number of hydrogen-bond acceptors (Lipinski definition) is 3. The second kappa shape index (κ2) is 4.09. The van der Waals surface area contributed by atoms with Gasteiger partial charge in [-0.1, -0.05) is 20.8 Å². The van der Waals surface area contributed by atoms with E-state index < -0.39 is 0 Å². The van der Waals surface area contributed by atoms with Gasteiger partial charge in [-0.25, -0.2) is 0 Å². The number of likely N-dealkylation sites (tertiary alicyclic amines) is 1. The molecule has 0 aromatic heterocycles. The molecule has 2 amide bonds. The summed E-state index contributed by atoms with van der Waals surface area (Å²) in [5.41, 5.74) is 5.53. The van der Waals surface area contributed by atoms with Crippen LogP contribution in [0.2, 0.25) is 0 Å². The van der Waals surface area contributed by atoms with Gasteiger partial charge in [-0.2, -0.15) is 0 Å². The van der Waals surface area contributed by atoms with Crippen molar-refractivity contribution in [2.75, 3.05) is 6.54 Å². The van der Waals surface area contributed by atoms with Crippen molar-refractivity contribution < 1.29 is 9.59 Å². The van der Waals surface area contributed by atoms with Crippen molar-refractivity contribution in [1.29, 1.82) is 0 Å². The number of carbonyl (C=O) groups is 2. The van der Waals surface area contributed by atoms with E-state index in [4.69, 9.17) is 5.73 Å². The van der Waals surface area contributed by atoms with Crippen LogP contribution in [0.25, 0.3) is 0 Å². The summed E-state index contributed by atoms with van der Waals surface area (Å²) in [6.07, 6.45) is 0.730. The number of amides is 2. The second-order valence-corrected chi connectivity index (χ2v) is 3.92. The Morgan fingerprint density at radius 1 is 1.29 bits per heavy atom. The Labute approximate surface area is 84.4 Å². The predicted molar refractivity (Wildman–Crippen MR) is 53.3 cm³/mol. The van der Waals surface area contributed by atoms with Gasteiger partial charge in [0.1, 0.15) is 0 Å². The van der Waals surface area contributed by atoms with E-state index in [-0.39, 0.29) is 29.7 Å². The largest absolute Gasteiger partial charge is 0.328 e. The minimum absolute atomic E-state index is 0.0696. The molecule has 0 saturated carbocycles. The molecule has 1 aliphatic heterocycles. The summed E-state index contributed by atoms with van der Waals surface area (Å²) in [4.78, 5) is 24.8. The molecule has 1 saturated heterocycles. The van der Waals surface area contributed by atoms with Crippen LogP contribution in [0.1, 0.15) is 27.2 Å². The first-order valence-electron chi connectivity index (χ1n) is 5.11. The summed E-state index contributed by atoms with van der Waals surface area (Å²) in [7, 11) is 0. The lowest BCUT2D eigenvalue weighted by molar-refractivity contribution is -0.142. The van der Waals surface area contributed by atoms with Crippen LogP contribution in [-0.2, 0) is 9.59 Å². The van der Waals surface area contributed by atoms with Crippen molar-refractivity contribution in [3.8, 4) is 0 Å². The average Bonchev–Trinajstić information content (AvgIpc) is 2.37. The number of carbonyl (C=O) groups excluding carboxylic acids is 2. The van der Waals surface area contributed by atoms with Crippen molar-refractivity contribution in [1.82, 2.24) is 4.90 Å². The highest BCUT2D eigenvalue weighted by Crippen LogP contribution is 2.27. The Morgan fingerprint density at radius 2 is 1.71 bits per heavy atom. The third-order valence-electron chi connectivity index (χ3n) is 3.11. The van der Waals surface area contributed by atoms with Crippen LogP contribution in [-0.4, -0.2) is 29.3 Å². The number of rotatable bonds is 3. The molecule has 1 rings (SSSR count). The van der Waals surface area contributed by atoms with Crippen LogP contribution in [0.5, 0.6) is 0 Å². The van der Waals surface area contributed by atoms with E-state index in [0.29, 0.717) is 6.54 Å². The predicted octanol–water partition coefficient (Wildman–Crippen LogP) is 0.365. The topological polar surface area (TPSA) is 63.4 Å². The van der Waals surface area contributed by atoms with E-state index in [1.165, 1.54) is 4.90 Å². The molecule has 0 bridgehead atoms. The molecule has 0 aromatic rings. The number of imide groups is 1. The first-order chi connectivity index (χ1) is 6.54. The average molecular weight is 198 g/mol. The van der Waals surface area contributed by atoms with Crippen LogP contribution in [0, 0.1) is 11.8 Å². The van der Waals surface area contributed by atoms with Gasteiger partial charge in [0.2, 0.25) is 11.8 Å². The molecule has 1 aliphatic rings. The lowest BCUT2D eigenvalue weighted by Crippen LogP contribution is -2.44. The summed E-state index contributed by atoms with van der Waals surface area (Å²) in [5.74, 6) is -0.522. The Kier molecular flexibility index (Phi) is 3.26.